The molecule has 0 fully saturated rings. The average Bonchev–Trinajstić information content (AvgIpc) is 2.35. The first-order valence-electron chi connectivity index (χ1n) is 5.98. The van der Waals surface area contributed by atoms with Gasteiger partial charge < -0.3 is 0 Å². The maximum atomic E-state index is 9.12. The van der Waals surface area contributed by atoms with Crippen LogP contribution in [0.5, 0.6) is 0 Å². The fourth-order valence-corrected chi connectivity index (χ4v) is 1.90. The minimum absolute atomic E-state index is 0.0322. The minimum atomic E-state index is -0.0322. The minimum Gasteiger partial charge on any atom is -0.298 e. The molecule has 1 aromatic carbocycles. The lowest BCUT2D eigenvalue weighted by molar-refractivity contribution is 0.388. The van der Waals surface area contributed by atoms with Crippen LogP contribution in [0.3, 0.4) is 0 Å². The standard InChI is InChI=1S/C14H20N2/c1-3-13(4-2)14(10-15)16-11-12-8-6-5-7-9-12/h5-9,13-14,16H,3-4,11H2,1-2H3. The molecule has 0 heterocycles. The fraction of sp³-hybridized carbons (Fsp3) is 0.500. The Balaban J connectivity index is 2.49. The second kappa shape index (κ2) is 7.03. The first-order valence-corrected chi connectivity index (χ1v) is 5.98. The summed E-state index contributed by atoms with van der Waals surface area (Å²) in [7, 11) is 0. The predicted octanol–water partition coefficient (Wildman–Crippen LogP) is 3.10. The quantitative estimate of drug-likeness (QED) is 0.793. The van der Waals surface area contributed by atoms with Gasteiger partial charge in [-0.05, 0) is 11.5 Å². The number of hydrogen-bond donors (Lipinski definition) is 1. The van der Waals surface area contributed by atoms with Crippen LogP contribution in [-0.2, 0) is 6.54 Å². The molecule has 1 N–H and O–H groups in total. The molecule has 0 saturated heterocycles. The van der Waals surface area contributed by atoms with E-state index in [2.05, 4.69) is 37.4 Å². The van der Waals surface area contributed by atoms with Crippen molar-refractivity contribution in [3.63, 3.8) is 0 Å². The molecule has 0 aliphatic carbocycles. The van der Waals surface area contributed by atoms with Gasteiger partial charge in [0, 0.05) is 6.54 Å². The van der Waals surface area contributed by atoms with E-state index >= 15 is 0 Å². The Morgan fingerprint density at radius 1 is 1.19 bits per heavy atom. The molecule has 16 heavy (non-hydrogen) atoms. The summed E-state index contributed by atoms with van der Waals surface area (Å²) < 4.78 is 0. The SMILES string of the molecule is CCC(CC)C(C#N)NCc1ccccc1. The summed E-state index contributed by atoms with van der Waals surface area (Å²) >= 11 is 0. The highest BCUT2D eigenvalue weighted by Gasteiger charge is 2.16. The normalized spacial score (nSPS) is 12.4. The molecule has 2 heteroatoms. The Hall–Kier alpha value is -1.33. The number of hydrogen-bond acceptors (Lipinski definition) is 2. The third kappa shape index (κ3) is 3.67. The Bertz CT molecular complexity index is 322. The lowest BCUT2D eigenvalue weighted by Gasteiger charge is -2.20. The number of benzene rings is 1. The molecule has 1 rings (SSSR count). The van der Waals surface area contributed by atoms with E-state index in [-0.39, 0.29) is 6.04 Å². The van der Waals surface area contributed by atoms with E-state index in [0.29, 0.717) is 5.92 Å². The van der Waals surface area contributed by atoms with E-state index in [1.807, 2.05) is 18.2 Å². The highest BCUT2D eigenvalue weighted by Crippen LogP contribution is 2.13. The monoisotopic (exact) mass is 216 g/mol. The van der Waals surface area contributed by atoms with Gasteiger partial charge in [-0.25, -0.2) is 0 Å². The molecule has 0 radical (unpaired) electrons. The molecular formula is C14H20N2. The first kappa shape index (κ1) is 12.7. The fourth-order valence-electron chi connectivity index (χ4n) is 1.90. The van der Waals surface area contributed by atoms with Crippen LogP contribution in [-0.4, -0.2) is 6.04 Å². The maximum Gasteiger partial charge on any atom is 0.0983 e. The van der Waals surface area contributed by atoms with E-state index in [9.17, 15) is 0 Å². The van der Waals surface area contributed by atoms with Crippen LogP contribution in [0.4, 0.5) is 0 Å². The van der Waals surface area contributed by atoms with Gasteiger partial charge in [0.1, 0.15) is 0 Å². The number of nitrogens with zero attached hydrogens (tertiary/aromatic N) is 1. The van der Waals surface area contributed by atoms with Gasteiger partial charge in [0.25, 0.3) is 0 Å². The second-order valence-electron chi connectivity index (χ2n) is 4.05. The molecule has 2 nitrogen and oxygen atoms in total. The largest absolute Gasteiger partial charge is 0.298 e. The van der Waals surface area contributed by atoms with Crippen molar-refractivity contribution >= 4 is 0 Å². The summed E-state index contributed by atoms with van der Waals surface area (Å²) in [5.41, 5.74) is 1.23. The third-order valence-corrected chi connectivity index (χ3v) is 3.03. The van der Waals surface area contributed by atoms with Crippen molar-refractivity contribution < 1.29 is 0 Å². The molecule has 0 aliphatic rings. The van der Waals surface area contributed by atoms with E-state index in [0.717, 1.165) is 19.4 Å². The topological polar surface area (TPSA) is 35.8 Å². The van der Waals surface area contributed by atoms with Crippen LogP contribution in [0.1, 0.15) is 32.3 Å². The molecular weight excluding hydrogens is 196 g/mol. The van der Waals surface area contributed by atoms with Crippen LogP contribution < -0.4 is 5.32 Å². The highest BCUT2D eigenvalue weighted by atomic mass is 14.9. The van der Waals surface area contributed by atoms with Crippen molar-refractivity contribution in [1.29, 1.82) is 5.26 Å². The highest BCUT2D eigenvalue weighted by molar-refractivity contribution is 5.14. The number of rotatable bonds is 6. The Morgan fingerprint density at radius 3 is 2.31 bits per heavy atom. The van der Waals surface area contributed by atoms with Crippen LogP contribution in [0, 0.1) is 17.2 Å². The molecule has 0 saturated carbocycles. The van der Waals surface area contributed by atoms with Crippen molar-refractivity contribution in [1.82, 2.24) is 5.32 Å². The summed E-state index contributed by atoms with van der Waals surface area (Å²) in [4.78, 5) is 0. The van der Waals surface area contributed by atoms with Gasteiger partial charge in [0.05, 0.1) is 12.1 Å². The summed E-state index contributed by atoms with van der Waals surface area (Å²) in [6.07, 6.45) is 2.10. The van der Waals surface area contributed by atoms with E-state index < -0.39 is 0 Å². The van der Waals surface area contributed by atoms with Gasteiger partial charge >= 0.3 is 0 Å². The molecule has 0 amide bonds. The zero-order chi connectivity index (χ0) is 11.8. The van der Waals surface area contributed by atoms with Gasteiger partial charge in [0.15, 0.2) is 0 Å². The molecule has 1 atom stereocenters. The summed E-state index contributed by atoms with van der Waals surface area (Å²) in [6.45, 7) is 5.06. The predicted molar refractivity (Wildman–Crippen MR) is 66.8 cm³/mol. The smallest absolute Gasteiger partial charge is 0.0983 e. The van der Waals surface area contributed by atoms with E-state index in [1.165, 1.54) is 5.56 Å². The zero-order valence-electron chi connectivity index (χ0n) is 10.1. The summed E-state index contributed by atoms with van der Waals surface area (Å²) in [5.74, 6) is 0.453. The maximum absolute atomic E-state index is 9.12. The summed E-state index contributed by atoms with van der Waals surface area (Å²) in [5, 5.41) is 12.5. The number of nitriles is 1. The van der Waals surface area contributed by atoms with Crippen molar-refractivity contribution in [2.45, 2.75) is 39.3 Å². The molecule has 0 aromatic heterocycles. The van der Waals surface area contributed by atoms with Crippen LogP contribution in [0.15, 0.2) is 30.3 Å². The van der Waals surface area contributed by atoms with E-state index in [1.54, 1.807) is 0 Å². The van der Waals surface area contributed by atoms with Crippen molar-refractivity contribution in [2.75, 3.05) is 0 Å². The van der Waals surface area contributed by atoms with Crippen molar-refractivity contribution in [3.05, 3.63) is 35.9 Å². The molecule has 1 aromatic rings. The lowest BCUT2D eigenvalue weighted by atomic mass is 9.95. The van der Waals surface area contributed by atoms with Gasteiger partial charge in [-0.2, -0.15) is 5.26 Å². The van der Waals surface area contributed by atoms with Crippen LogP contribution in [0.2, 0.25) is 0 Å². The molecule has 0 aliphatic heterocycles. The number of nitrogens with one attached hydrogen (secondary N) is 1. The molecule has 1 unspecified atom stereocenters. The first-order chi connectivity index (χ1) is 7.81. The molecule has 0 bridgehead atoms. The van der Waals surface area contributed by atoms with Crippen molar-refractivity contribution in [2.24, 2.45) is 5.92 Å². The lowest BCUT2D eigenvalue weighted by Crippen LogP contribution is -2.34. The van der Waals surface area contributed by atoms with E-state index in [4.69, 9.17) is 5.26 Å². The zero-order valence-corrected chi connectivity index (χ0v) is 10.1. The Morgan fingerprint density at radius 2 is 1.81 bits per heavy atom. The van der Waals surface area contributed by atoms with Gasteiger partial charge in [-0.1, -0.05) is 57.0 Å². The van der Waals surface area contributed by atoms with Gasteiger partial charge in [-0.3, -0.25) is 5.32 Å². The summed E-state index contributed by atoms with van der Waals surface area (Å²) in [6, 6.07) is 12.5. The third-order valence-electron chi connectivity index (χ3n) is 3.03. The van der Waals surface area contributed by atoms with Crippen LogP contribution >= 0.6 is 0 Å². The molecule has 0 spiro atoms. The Labute approximate surface area is 98.3 Å². The Kier molecular flexibility index (Phi) is 5.60. The van der Waals surface area contributed by atoms with Crippen LogP contribution in [0.25, 0.3) is 0 Å². The second-order valence-corrected chi connectivity index (χ2v) is 4.05. The van der Waals surface area contributed by atoms with Gasteiger partial charge in [0.2, 0.25) is 0 Å². The van der Waals surface area contributed by atoms with Gasteiger partial charge in [-0.15, -0.1) is 0 Å². The average molecular weight is 216 g/mol. The molecule has 86 valence electrons. The van der Waals surface area contributed by atoms with Crippen molar-refractivity contribution in [3.8, 4) is 6.07 Å².